The van der Waals surface area contributed by atoms with Crippen LogP contribution in [-0.4, -0.2) is 40.1 Å². The van der Waals surface area contributed by atoms with Gasteiger partial charge in [0, 0.05) is 44.9 Å². The van der Waals surface area contributed by atoms with Crippen molar-refractivity contribution in [2.45, 2.75) is 19.3 Å². The molecule has 0 spiro atoms. The molecule has 0 saturated carbocycles. The number of piperidine rings is 1. The molecule has 1 atom stereocenters. The number of nitrogens with one attached hydrogen (secondary N) is 1. The summed E-state index contributed by atoms with van der Waals surface area (Å²) in [7, 11) is 1.89. The third-order valence-corrected chi connectivity index (χ3v) is 3.85. The molecule has 0 amide bonds. The minimum atomic E-state index is 0.561. The molecular formula is C15H20N6. The molecule has 6 nitrogen and oxygen atoms in total. The summed E-state index contributed by atoms with van der Waals surface area (Å²) in [6.07, 6.45) is 10.4. The van der Waals surface area contributed by atoms with Crippen molar-refractivity contribution in [1.82, 2.24) is 19.9 Å². The first-order valence-corrected chi connectivity index (χ1v) is 7.36. The molecular weight excluding hydrogens is 264 g/mol. The van der Waals surface area contributed by atoms with Crippen LogP contribution in [0.4, 0.5) is 11.8 Å². The fourth-order valence-electron chi connectivity index (χ4n) is 2.87. The molecule has 1 saturated heterocycles. The van der Waals surface area contributed by atoms with E-state index in [1.54, 1.807) is 24.8 Å². The van der Waals surface area contributed by atoms with E-state index in [0.717, 1.165) is 43.4 Å². The first-order chi connectivity index (χ1) is 10.4. The molecule has 1 N–H and O–H groups in total. The summed E-state index contributed by atoms with van der Waals surface area (Å²) >= 11 is 0. The largest absolute Gasteiger partial charge is 0.372 e. The second-order valence-corrected chi connectivity index (χ2v) is 5.31. The van der Waals surface area contributed by atoms with Crippen molar-refractivity contribution in [3.8, 4) is 0 Å². The Balaban J connectivity index is 1.69. The maximum atomic E-state index is 4.47. The zero-order chi connectivity index (χ0) is 14.5. The monoisotopic (exact) mass is 284 g/mol. The first kappa shape index (κ1) is 13.7. The molecule has 1 aliphatic rings. The van der Waals surface area contributed by atoms with Crippen LogP contribution in [0.15, 0.2) is 30.9 Å². The quantitative estimate of drug-likeness (QED) is 0.923. The van der Waals surface area contributed by atoms with E-state index in [1.807, 2.05) is 13.1 Å². The van der Waals surface area contributed by atoms with Crippen molar-refractivity contribution in [3.05, 3.63) is 36.5 Å². The van der Waals surface area contributed by atoms with Crippen molar-refractivity contribution in [1.29, 1.82) is 0 Å². The van der Waals surface area contributed by atoms with Gasteiger partial charge in [0.1, 0.15) is 5.82 Å². The second kappa shape index (κ2) is 6.47. The van der Waals surface area contributed by atoms with Gasteiger partial charge in [0.05, 0.1) is 5.69 Å². The third kappa shape index (κ3) is 3.26. The van der Waals surface area contributed by atoms with Gasteiger partial charge in [0.15, 0.2) is 0 Å². The van der Waals surface area contributed by atoms with E-state index >= 15 is 0 Å². The standard InChI is InChI=1S/C15H20N6/c1-16-14-13(17-7-8-18-14)10-12-4-2-9-21(11-12)15-19-5-3-6-20-15/h3,5-8,12H,2,4,9-11H2,1H3,(H,16,18)/t12-/m0/s1. The van der Waals surface area contributed by atoms with Gasteiger partial charge in [-0.25, -0.2) is 15.0 Å². The summed E-state index contributed by atoms with van der Waals surface area (Å²) in [5.41, 5.74) is 1.04. The highest BCUT2D eigenvalue weighted by atomic mass is 15.2. The Hall–Kier alpha value is -2.24. The Morgan fingerprint density at radius 1 is 1.14 bits per heavy atom. The highest BCUT2D eigenvalue weighted by Crippen LogP contribution is 2.24. The summed E-state index contributed by atoms with van der Waals surface area (Å²) in [5.74, 6) is 2.27. The van der Waals surface area contributed by atoms with Crippen molar-refractivity contribution < 1.29 is 0 Å². The van der Waals surface area contributed by atoms with Gasteiger partial charge in [0.2, 0.25) is 5.95 Å². The summed E-state index contributed by atoms with van der Waals surface area (Å²) in [5, 5.41) is 3.12. The molecule has 2 aromatic heterocycles. The van der Waals surface area contributed by atoms with Crippen LogP contribution in [0.1, 0.15) is 18.5 Å². The molecule has 110 valence electrons. The molecule has 3 rings (SSSR count). The molecule has 0 aliphatic carbocycles. The molecule has 3 heterocycles. The Morgan fingerprint density at radius 3 is 2.76 bits per heavy atom. The lowest BCUT2D eigenvalue weighted by Crippen LogP contribution is -2.37. The molecule has 1 fully saturated rings. The maximum absolute atomic E-state index is 4.47. The summed E-state index contributed by atoms with van der Waals surface area (Å²) in [4.78, 5) is 19.8. The highest BCUT2D eigenvalue weighted by molar-refractivity contribution is 5.39. The molecule has 6 heteroatoms. The van der Waals surface area contributed by atoms with E-state index in [9.17, 15) is 0 Å². The SMILES string of the molecule is CNc1nccnc1C[C@@H]1CCCN(c2ncccn2)C1. The Bertz CT molecular complexity index is 573. The Morgan fingerprint density at radius 2 is 1.95 bits per heavy atom. The average molecular weight is 284 g/mol. The number of anilines is 2. The number of hydrogen-bond donors (Lipinski definition) is 1. The fraction of sp³-hybridized carbons (Fsp3) is 0.467. The van der Waals surface area contributed by atoms with Crippen LogP contribution in [0.5, 0.6) is 0 Å². The molecule has 0 unspecified atom stereocenters. The van der Waals surface area contributed by atoms with Gasteiger partial charge in [-0.3, -0.25) is 4.98 Å². The van der Waals surface area contributed by atoms with E-state index in [4.69, 9.17) is 0 Å². The first-order valence-electron chi connectivity index (χ1n) is 7.36. The van der Waals surface area contributed by atoms with Crippen LogP contribution in [0, 0.1) is 5.92 Å². The van der Waals surface area contributed by atoms with Gasteiger partial charge in [-0.1, -0.05) is 0 Å². The predicted molar refractivity (Wildman–Crippen MR) is 82.3 cm³/mol. The average Bonchev–Trinajstić information content (AvgIpc) is 2.56. The van der Waals surface area contributed by atoms with Gasteiger partial charge >= 0.3 is 0 Å². The van der Waals surface area contributed by atoms with Crippen LogP contribution in [0.3, 0.4) is 0 Å². The predicted octanol–water partition coefficient (Wildman–Crippen LogP) is 1.77. The highest BCUT2D eigenvalue weighted by Gasteiger charge is 2.23. The van der Waals surface area contributed by atoms with Crippen LogP contribution in [0.25, 0.3) is 0 Å². The topological polar surface area (TPSA) is 66.8 Å². The van der Waals surface area contributed by atoms with Crippen molar-refractivity contribution in [2.24, 2.45) is 5.92 Å². The summed E-state index contributed by atoms with van der Waals surface area (Å²) in [6, 6.07) is 1.85. The lowest BCUT2D eigenvalue weighted by atomic mass is 9.93. The number of aromatic nitrogens is 4. The third-order valence-electron chi connectivity index (χ3n) is 3.85. The molecule has 1 aliphatic heterocycles. The van der Waals surface area contributed by atoms with Gasteiger partial charge in [-0.2, -0.15) is 0 Å². The molecule has 0 aromatic carbocycles. The summed E-state index contributed by atoms with van der Waals surface area (Å²) in [6.45, 7) is 2.00. The minimum Gasteiger partial charge on any atom is -0.372 e. The minimum absolute atomic E-state index is 0.561. The summed E-state index contributed by atoms with van der Waals surface area (Å²) < 4.78 is 0. The lowest BCUT2D eigenvalue weighted by molar-refractivity contribution is 0.406. The fourth-order valence-corrected chi connectivity index (χ4v) is 2.87. The van der Waals surface area contributed by atoms with E-state index < -0.39 is 0 Å². The van der Waals surface area contributed by atoms with Crippen LogP contribution in [0.2, 0.25) is 0 Å². The molecule has 0 bridgehead atoms. The maximum Gasteiger partial charge on any atom is 0.225 e. The van der Waals surface area contributed by atoms with Crippen molar-refractivity contribution >= 4 is 11.8 Å². The smallest absolute Gasteiger partial charge is 0.225 e. The number of hydrogen-bond acceptors (Lipinski definition) is 6. The zero-order valence-corrected chi connectivity index (χ0v) is 12.2. The van der Waals surface area contributed by atoms with Crippen molar-refractivity contribution in [3.63, 3.8) is 0 Å². The van der Waals surface area contributed by atoms with Gasteiger partial charge in [-0.05, 0) is 31.2 Å². The van der Waals surface area contributed by atoms with E-state index in [2.05, 4.69) is 30.2 Å². The number of rotatable bonds is 4. The Kier molecular flexibility index (Phi) is 4.23. The van der Waals surface area contributed by atoms with Crippen LogP contribution < -0.4 is 10.2 Å². The normalized spacial score (nSPS) is 18.5. The van der Waals surface area contributed by atoms with Gasteiger partial charge in [0.25, 0.3) is 0 Å². The van der Waals surface area contributed by atoms with E-state index in [-0.39, 0.29) is 0 Å². The van der Waals surface area contributed by atoms with E-state index in [1.165, 1.54) is 6.42 Å². The molecule has 2 aromatic rings. The second-order valence-electron chi connectivity index (χ2n) is 5.31. The van der Waals surface area contributed by atoms with Gasteiger partial charge < -0.3 is 10.2 Å². The molecule has 21 heavy (non-hydrogen) atoms. The lowest BCUT2D eigenvalue weighted by Gasteiger charge is -2.32. The van der Waals surface area contributed by atoms with Gasteiger partial charge in [-0.15, -0.1) is 0 Å². The van der Waals surface area contributed by atoms with Crippen LogP contribution >= 0.6 is 0 Å². The van der Waals surface area contributed by atoms with E-state index in [0.29, 0.717) is 5.92 Å². The zero-order valence-electron chi connectivity index (χ0n) is 12.2. The molecule has 0 radical (unpaired) electrons. The van der Waals surface area contributed by atoms with Crippen molar-refractivity contribution in [2.75, 3.05) is 30.4 Å². The van der Waals surface area contributed by atoms with Crippen LogP contribution in [-0.2, 0) is 6.42 Å². The number of nitrogens with zero attached hydrogens (tertiary/aromatic N) is 5. The Labute approximate surface area is 124 Å².